The van der Waals surface area contributed by atoms with Gasteiger partial charge in [-0.15, -0.1) is 11.3 Å². The smallest absolute Gasteiger partial charge is 0.0898 e. The van der Waals surface area contributed by atoms with E-state index in [1.807, 2.05) is 31.3 Å². The van der Waals surface area contributed by atoms with Gasteiger partial charge in [-0.2, -0.15) is 0 Å². The molecule has 0 aliphatic heterocycles. The molecule has 3 rings (SSSR count). The number of aromatic nitrogens is 2. The van der Waals surface area contributed by atoms with Crippen LogP contribution in [0.3, 0.4) is 0 Å². The van der Waals surface area contributed by atoms with Crippen LogP contribution in [0.2, 0.25) is 0 Å². The molecule has 1 N–H and O–H groups in total. The number of hydrogen-bond donors (Lipinski definition) is 1. The fourth-order valence-corrected chi connectivity index (χ4v) is 2.55. The maximum Gasteiger partial charge on any atom is 0.0898 e. The van der Waals surface area contributed by atoms with Gasteiger partial charge in [0.1, 0.15) is 0 Å². The van der Waals surface area contributed by atoms with E-state index in [1.165, 1.54) is 0 Å². The molecule has 0 aliphatic carbocycles. The van der Waals surface area contributed by atoms with Crippen molar-refractivity contribution in [2.75, 3.05) is 5.32 Å². The van der Waals surface area contributed by atoms with Gasteiger partial charge in [0.15, 0.2) is 0 Å². The van der Waals surface area contributed by atoms with Crippen LogP contribution in [0.1, 0.15) is 10.7 Å². The van der Waals surface area contributed by atoms with Gasteiger partial charge in [-0.25, -0.2) is 4.98 Å². The zero-order valence-corrected chi connectivity index (χ0v) is 10.9. The Hall–Kier alpha value is -1.94. The van der Waals surface area contributed by atoms with Crippen LogP contribution in [-0.2, 0) is 6.54 Å². The SMILES string of the molecule is Cc1nc(CNc2cccc3ncccc23)cs1. The quantitative estimate of drug-likeness (QED) is 0.777. The molecule has 0 aliphatic rings. The molecule has 0 fully saturated rings. The monoisotopic (exact) mass is 255 g/mol. The van der Waals surface area contributed by atoms with Crippen molar-refractivity contribution in [3.63, 3.8) is 0 Å². The molecule has 0 amide bonds. The van der Waals surface area contributed by atoms with Gasteiger partial charge in [-0.05, 0) is 31.2 Å². The van der Waals surface area contributed by atoms with E-state index in [0.29, 0.717) is 0 Å². The zero-order chi connectivity index (χ0) is 12.4. The van der Waals surface area contributed by atoms with Crippen molar-refractivity contribution in [1.82, 2.24) is 9.97 Å². The molecule has 2 aromatic heterocycles. The normalized spacial score (nSPS) is 10.7. The Morgan fingerprint density at radius 2 is 2.17 bits per heavy atom. The van der Waals surface area contributed by atoms with Crippen molar-refractivity contribution >= 4 is 27.9 Å². The minimum Gasteiger partial charge on any atom is -0.379 e. The number of hydrogen-bond acceptors (Lipinski definition) is 4. The van der Waals surface area contributed by atoms with Gasteiger partial charge < -0.3 is 5.32 Å². The van der Waals surface area contributed by atoms with Gasteiger partial charge >= 0.3 is 0 Å². The minimum absolute atomic E-state index is 0.748. The molecule has 4 heteroatoms. The summed E-state index contributed by atoms with van der Waals surface area (Å²) >= 11 is 1.68. The topological polar surface area (TPSA) is 37.8 Å². The zero-order valence-electron chi connectivity index (χ0n) is 10.1. The number of aryl methyl sites for hydroxylation is 1. The lowest BCUT2D eigenvalue weighted by molar-refractivity contribution is 1.06. The van der Waals surface area contributed by atoms with E-state index in [9.17, 15) is 0 Å². The van der Waals surface area contributed by atoms with E-state index < -0.39 is 0 Å². The Kier molecular flexibility index (Phi) is 2.94. The van der Waals surface area contributed by atoms with Crippen LogP contribution in [-0.4, -0.2) is 9.97 Å². The van der Waals surface area contributed by atoms with Gasteiger partial charge in [-0.3, -0.25) is 4.98 Å². The van der Waals surface area contributed by atoms with Crippen LogP contribution in [0.4, 0.5) is 5.69 Å². The first kappa shape index (κ1) is 11.2. The first-order chi connectivity index (χ1) is 8.83. The van der Waals surface area contributed by atoms with Crippen LogP contribution in [0.5, 0.6) is 0 Å². The molecular formula is C14H13N3S. The molecule has 0 atom stereocenters. The fourth-order valence-electron chi connectivity index (χ4n) is 1.93. The van der Waals surface area contributed by atoms with E-state index in [2.05, 4.69) is 32.8 Å². The summed E-state index contributed by atoms with van der Waals surface area (Å²) in [7, 11) is 0. The summed E-state index contributed by atoms with van der Waals surface area (Å²) in [4.78, 5) is 8.79. The summed E-state index contributed by atoms with van der Waals surface area (Å²) in [6, 6.07) is 10.2. The molecule has 2 heterocycles. The van der Waals surface area contributed by atoms with Crippen LogP contribution in [0.15, 0.2) is 41.9 Å². The van der Waals surface area contributed by atoms with E-state index in [4.69, 9.17) is 0 Å². The van der Waals surface area contributed by atoms with Crippen LogP contribution in [0.25, 0.3) is 10.9 Å². The second-order valence-electron chi connectivity index (χ2n) is 4.09. The summed E-state index contributed by atoms with van der Waals surface area (Å²) in [6.07, 6.45) is 1.82. The van der Waals surface area contributed by atoms with E-state index in [1.54, 1.807) is 11.3 Å². The highest BCUT2D eigenvalue weighted by Gasteiger charge is 2.02. The van der Waals surface area contributed by atoms with Crippen molar-refractivity contribution < 1.29 is 0 Å². The molecule has 0 radical (unpaired) electrons. The predicted molar refractivity (Wildman–Crippen MR) is 75.9 cm³/mol. The number of nitrogens with one attached hydrogen (secondary N) is 1. The Morgan fingerprint density at radius 1 is 1.22 bits per heavy atom. The summed E-state index contributed by atoms with van der Waals surface area (Å²) in [5, 5.41) is 7.76. The van der Waals surface area contributed by atoms with E-state index in [0.717, 1.165) is 33.8 Å². The lowest BCUT2D eigenvalue weighted by atomic mass is 10.2. The van der Waals surface area contributed by atoms with Gasteiger partial charge in [0.2, 0.25) is 0 Å². The number of pyridine rings is 1. The summed E-state index contributed by atoms with van der Waals surface area (Å²) in [6.45, 7) is 2.77. The molecule has 3 nitrogen and oxygen atoms in total. The lowest BCUT2D eigenvalue weighted by Crippen LogP contribution is -2.00. The van der Waals surface area contributed by atoms with Gasteiger partial charge in [0, 0.05) is 22.7 Å². The summed E-state index contributed by atoms with van der Waals surface area (Å²) in [5.74, 6) is 0. The largest absolute Gasteiger partial charge is 0.379 e. The Morgan fingerprint density at radius 3 is 3.00 bits per heavy atom. The molecule has 0 saturated heterocycles. The maximum absolute atomic E-state index is 4.45. The van der Waals surface area contributed by atoms with Crippen molar-refractivity contribution in [1.29, 1.82) is 0 Å². The molecular weight excluding hydrogens is 242 g/mol. The second-order valence-corrected chi connectivity index (χ2v) is 5.15. The van der Waals surface area contributed by atoms with Crippen molar-refractivity contribution in [2.24, 2.45) is 0 Å². The highest BCUT2D eigenvalue weighted by atomic mass is 32.1. The van der Waals surface area contributed by atoms with Crippen LogP contribution in [0, 0.1) is 6.92 Å². The van der Waals surface area contributed by atoms with E-state index in [-0.39, 0.29) is 0 Å². The third-order valence-electron chi connectivity index (χ3n) is 2.77. The first-order valence-corrected chi connectivity index (χ1v) is 6.69. The lowest BCUT2D eigenvalue weighted by Gasteiger charge is -2.07. The average Bonchev–Trinajstić information content (AvgIpc) is 2.82. The van der Waals surface area contributed by atoms with Crippen molar-refractivity contribution in [2.45, 2.75) is 13.5 Å². The van der Waals surface area contributed by atoms with Gasteiger partial charge in [0.25, 0.3) is 0 Å². The summed E-state index contributed by atoms with van der Waals surface area (Å²) < 4.78 is 0. The third-order valence-corrected chi connectivity index (χ3v) is 3.59. The Balaban J connectivity index is 1.86. The molecule has 0 bridgehead atoms. The standard InChI is InChI=1S/C14H13N3S/c1-10-17-11(9-18-10)8-16-14-6-2-5-13-12(14)4-3-7-15-13/h2-7,9,16H,8H2,1H3. The first-order valence-electron chi connectivity index (χ1n) is 5.81. The molecule has 1 aromatic carbocycles. The fraction of sp³-hybridized carbons (Fsp3) is 0.143. The second kappa shape index (κ2) is 4.74. The molecule has 90 valence electrons. The number of anilines is 1. The molecule has 0 saturated carbocycles. The molecule has 3 aromatic rings. The number of benzene rings is 1. The number of fused-ring (bicyclic) bond motifs is 1. The van der Waals surface area contributed by atoms with Crippen LogP contribution < -0.4 is 5.32 Å². The molecule has 0 spiro atoms. The van der Waals surface area contributed by atoms with Crippen LogP contribution >= 0.6 is 11.3 Å². The third kappa shape index (κ3) is 2.19. The minimum atomic E-state index is 0.748. The Bertz CT molecular complexity index is 670. The number of nitrogens with zero attached hydrogens (tertiary/aromatic N) is 2. The highest BCUT2D eigenvalue weighted by molar-refractivity contribution is 7.09. The average molecular weight is 255 g/mol. The van der Waals surface area contributed by atoms with E-state index >= 15 is 0 Å². The van der Waals surface area contributed by atoms with Crippen molar-refractivity contribution in [3.05, 3.63) is 52.6 Å². The molecule has 0 unspecified atom stereocenters. The molecule has 18 heavy (non-hydrogen) atoms. The highest BCUT2D eigenvalue weighted by Crippen LogP contribution is 2.22. The predicted octanol–water partition coefficient (Wildman–Crippen LogP) is 3.61. The number of rotatable bonds is 3. The van der Waals surface area contributed by atoms with Gasteiger partial charge in [-0.1, -0.05) is 6.07 Å². The van der Waals surface area contributed by atoms with Crippen molar-refractivity contribution in [3.8, 4) is 0 Å². The Labute approximate surface area is 110 Å². The van der Waals surface area contributed by atoms with Gasteiger partial charge in [0.05, 0.1) is 22.8 Å². The number of thiazole rings is 1. The maximum atomic E-state index is 4.45. The summed E-state index contributed by atoms with van der Waals surface area (Å²) in [5.41, 5.74) is 3.20.